The number of para-hydroxylation sites is 1. The van der Waals surface area contributed by atoms with Crippen molar-refractivity contribution in [3.8, 4) is 5.75 Å². The number of aromatic hydroxyl groups is 1. The number of benzene rings is 3. The van der Waals surface area contributed by atoms with Crippen molar-refractivity contribution in [2.75, 3.05) is 0 Å². The number of hydrogen-bond donors (Lipinski definition) is 2. The fourth-order valence-corrected chi connectivity index (χ4v) is 4.25. The molecule has 1 unspecified atom stereocenters. The lowest BCUT2D eigenvalue weighted by molar-refractivity contribution is 0.0825. The molecule has 1 aromatic heterocycles. The molecule has 1 aliphatic carbocycles. The van der Waals surface area contributed by atoms with Crippen LogP contribution in [0.4, 0.5) is 0 Å². The highest BCUT2D eigenvalue weighted by Gasteiger charge is 2.44. The maximum absolute atomic E-state index is 13.2. The van der Waals surface area contributed by atoms with Crippen molar-refractivity contribution in [3.05, 3.63) is 101 Å². The molecule has 4 nitrogen and oxygen atoms in total. The Balaban J connectivity index is 1.73. The van der Waals surface area contributed by atoms with E-state index in [1.807, 2.05) is 30.5 Å². The Labute approximate surface area is 161 Å². The largest absolute Gasteiger partial charge is 0.508 e. The summed E-state index contributed by atoms with van der Waals surface area (Å²) in [5.41, 5.74) is 3.65. The normalized spacial score (nSPS) is 15.1. The van der Waals surface area contributed by atoms with Gasteiger partial charge in [-0.3, -0.25) is 9.59 Å². The molecule has 2 N–H and O–H groups in total. The first-order valence-electron chi connectivity index (χ1n) is 9.17. The molecule has 1 atom stereocenters. The lowest BCUT2D eigenvalue weighted by atomic mass is 9.78. The van der Waals surface area contributed by atoms with Gasteiger partial charge in [0.15, 0.2) is 11.6 Å². The first-order chi connectivity index (χ1) is 13.6. The summed E-state index contributed by atoms with van der Waals surface area (Å²) < 4.78 is 0. The van der Waals surface area contributed by atoms with E-state index in [0.717, 1.165) is 22.0 Å². The van der Waals surface area contributed by atoms with Crippen molar-refractivity contribution in [1.82, 2.24) is 4.98 Å². The lowest BCUT2D eigenvalue weighted by Gasteiger charge is -2.22. The predicted molar refractivity (Wildman–Crippen MR) is 107 cm³/mol. The molecule has 1 aliphatic rings. The van der Waals surface area contributed by atoms with Crippen molar-refractivity contribution in [2.45, 2.75) is 5.92 Å². The quantitative estimate of drug-likeness (QED) is 0.516. The van der Waals surface area contributed by atoms with Gasteiger partial charge in [0.1, 0.15) is 5.75 Å². The van der Waals surface area contributed by atoms with Gasteiger partial charge in [-0.1, -0.05) is 54.6 Å². The number of fused-ring (bicyclic) bond motifs is 2. The maximum atomic E-state index is 13.2. The summed E-state index contributed by atoms with van der Waals surface area (Å²) in [6.07, 6.45) is 1.88. The molecule has 0 fully saturated rings. The molecular weight excluding hydrogens is 350 g/mol. The van der Waals surface area contributed by atoms with Crippen LogP contribution in [0.5, 0.6) is 5.75 Å². The van der Waals surface area contributed by atoms with E-state index in [0.29, 0.717) is 11.1 Å². The van der Waals surface area contributed by atoms with Gasteiger partial charge in [0.05, 0.1) is 5.92 Å². The van der Waals surface area contributed by atoms with Crippen LogP contribution < -0.4 is 0 Å². The van der Waals surface area contributed by atoms with Crippen LogP contribution in [0.25, 0.3) is 10.9 Å². The van der Waals surface area contributed by atoms with Crippen LogP contribution in [0.3, 0.4) is 0 Å². The number of phenolic OH excluding ortho intramolecular Hbond substituents is 1. The Hall–Kier alpha value is -3.66. The number of H-pyrrole nitrogens is 1. The van der Waals surface area contributed by atoms with Crippen LogP contribution in [0.1, 0.15) is 37.8 Å². The Morgan fingerprint density at radius 1 is 0.786 bits per heavy atom. The van der Waals surface area contributed by atoms with Gasteiger partial charge >= 0.3 is 0 Å². The van der Waals surface area contributed by atoms with Gasteiger partial charge in [-0.2, -0.15) is 0 Å². The molecule has 3 aromatic carbocycles. The fraction of sp³-hybridized carbons (Fsp3) is 0.0833. The molecule has 0 spiro atoms. The number of rotatable bonds is 3. The minimum atomic E-state index is -0.818. The molecule has 0 aliphatic heterocycles. The van der Waals surface area contributed by atoms with Crippen LogP contribution in [-0.4, -0.2) is 21.7 Å². The number of nitrogens with one attached hydrogen (secondary N) is 1. The maximum Gasteiger partial charge on any atom is 0.175 e. The second kappa shape index (κ2) is 6.20. The topological polar surface area (TPSA) is 70.2 Å². The monoisotopic (exact) mass is 367 g/mol. The molecule has 0 radical (unpaired) electrons. The molecule has 28 heavy (non-hydrogen) atoms. The van der Waals surface area contributed by atoms with E-state index in [-0.39, 0.29) is 17.3 Å². The second-order valence-electron chi connectivity index (χ2n) is 7.11. The highest BCUT2D eigenvalue weighted by atomic mass is 16.3. The number of aromatic amines is 1. The Morgan fingerprint density at radius 3 is 2.07 bits per heavy atom. The van der Waals surface area contributed by atoms with Gasteiger partial charge in [-0.25, -0.2) is 0 Å². The lowest BCUT2D eigenvalue weighted by Crippen LogP contribution is -2.24. The SMILES string of the molecule is O=C1c2ccccc2C(=O)C1C(c1ccc(O)cc1)c1c[nH]c2ccccc12. The third-order valence-corrected chi connectivity index (χ3v) is 5.56. The average Bonchev–Trinajstić information content (AvgIpc) is 3.25. The number of ketones is 2. The molecular formula is C24H17NO3. The Kier molecular flexibility index (Phi) is 3.66. The van der Waals surface area contributed by atoms with Crippen LogP contribution in [-0.2, 0) is 0 Å². The molecule has 0 bridgehead atoms. The summed E-state index contributed by atoms with van der Waals surface area (Å²) >= 11 is 0. The summed E-state index contributed by atoms with van der Waals surface area (Å²) in [4.78, 5) is 29.7. The van der Waals surface area contributed by atoms with Crippen molar-refractivity contribution in [3.63, 3.8) is 0 Å². The molecule has 0 saturated heterocycles. The Bertz CT molecular complexity index is 1190. The van der Waals surface area contributed by atoms with Crippen LogP contribution in [0, 0.1) is 5.92 Å². The van der Waals surface area contributed by atoms with Gasteiger partial charge in [0.25, 0.3) is 0 Å². The van der Waals surface area contributed by atoms with E-state index >= 15 is 0 Å². The van der Waals surface area contributed by atoms with E-state index in [1.165, 1.54) is 0 Å². The highest BCUT2D eigenvalue weighted by molar-refractivity contribution is 6.27. The van der Waals surface area contributed by atoms with Gasteiger partial charge in [-0.05, 0) is 29.3 Å². The van der Waals surface area contributed by atoms with Crippen LogP contribution in [0.15, 0.2) is 79.0 Å². The summed E-state index contributed by atoms with van der Waals surface area (Å²) in [6, 6.07) is 21.6. The molecule has 4 aromatic rings. The summed E-state index contributed by atoms with van der Waals surface area (Å²) in [6.45, 7) is 0. The van der Waals surface area contributed by atoms with E-state index in [1.54, 1.807) is 48.5 Å². The van der Waals surface area contributed by atoms with E-state index < -0.39 is 11.8 Å². The first kappa shape index (κ1) is 16.5. The van der Waals surface area contributed by atoms with Crippen LogP contribution in [0.2, 0.25) is 0 Å². The van der Waals surface area contributed by atoms with E-state index in [2.05, 4.69) is 4.98 Å². The highest BCUT2D eigenvalue weighted by Crippen LogP contribution is 2.43. The zero-order valence-corrected chi connectivity index (χ0v) is 14.9. The number of hydrogen-bond acceptors (Lipinski definition) is 3. The van der Waals surface area contributed by atoms with Gasteiger partial charge in [-0.15, -0.1) is 0 Å². The van der Waals surface area contributed by atoms with Crippen LogP contribution >= 0.6 is 0 Å². The number of aromatic nitrogens is 1. The summed E-state index contributed by atoms with van der Waals surface area (Å²) in [7, 11) is 0. The number of carbonyl (C=O) groups is 2. The molecule has 4 heteroatoms. The van der Waals surface area contributed by atoms with Crippen molar-refractivity contribution >= 4 is 22.5 Å². The Morgan fingerprint density at radius 2 is 1.39 bits per heavy atom. The minimum absolute atomic E-state index is 0.147. The average molecular weight is 367 g/mol. The third kappa shape index (κ3) is 2.38. The molecule has 5 rings (SSSR count). The zero-order valence-electron chi connectivity index (χ0n) is 14.9. The molecule has 0 saturated carbocycles. The number of carbonyl (C=O) groups excluding carboxylic acids is 2. The van der Waals surface area contributed by atoms with Gasteiger partial charge < -0.3 is 10.1 Å². The van der Waals surface area contributed by atoms with E-state index in [4.69, 9.17) is 0 Å². The summed E-state index contributed by atoms with van der Waals surface area (Å²) in [5.74, 6) is -1.41. The minimum Gasteiger partial charge on any atom is -0.508 e. The summed E-state index contributed by atoms with van der Waals surface area (Å²) in [5, 5.41) is 10.7. The van der Waals surface area contributed by atoms with Gasteiger partial charge in [0, 0.05) is 34.1 Å². The zero-order chi connectivity index (χ0) is 19.3. The third-order valence-electron chi connectivity index (χ3n) is 5.56. The van der Waals surface area contributed by atoms with Crippen molar-refractivity contribution < 1.29 is 14.7 Å². The molecule has 0 amide bonds. The predicted octanol–water partition coefficient (Wildman–Crippen LogP) is 4.70. The second-order valence-corrected chi connectivity index (χ2v) is 7.11. The number of phenols is 1. The van der Waals surface area contributed by atoms with Crippen molar-refractivity contribution in [1.29, 1.82) is 0 Å². The molecule has 136 valence electrons. The molecule has 1 heterocycles. The number of Topliss-reactive ketones (excluding diaryl/α,β-unsaturated/α-hetero) is 2. The fourth-order valence-electron chi connectivity index (χ4n) is 4.25. The first-order valence-corrected chi connectivity index (χ1v) is 9.17. The van der Waals surface area contributed by atoms with E-state index in [9.17, 15) is 14.7 Å². The standard InChI is InChI=1S/C24H17NO3/c26-15-11-9-14(10-12-15)21(19-13-25-20-8-4-3-5-16(19)20)22-23(27)17-6-1-2-7-18(17)24(22)28/h1-13,21-22,25-26H. The smallest absolute Gasteiger partial charge is 0.175 e. The van der Waals surface area contributed by atoms with Crippen molar-refractivity contribution in [2.24, 2.45) is 5.92 Å². The van der Waals surface area contributed by atoms with Gasteiger partial charge in [0.2, 0.25) is 0 Å².